The quantitative estimate of drug-likeness (QED) is 0.800. The minimum atomic E-state index is 0.441. The highest BCUT2D eigenvalue weighted by Crippen LogP contribution is 2.36. The maximum atomic E-state index is 5.73. The van der Waals surface area contributed by atoms with Crippen LogP contribution in [-0.2, 0) is 6.54 Å². The molecule has 0 saturated carbocycles. The van der Waals surface area contributed by atoms with Gasteiger partial charge in [0, 0.05) is 36.9 Å². The number of anilines is 2. The molecule has 0 spiro atoms. The highest BCUT2D eigenvalue weighted by molar-refractivity contribution is 5.70. The molecule has 0 radical (unpaired) electrons. The van der Waals surface area contributed by atoms with Crippen LogP contribution in [-0.4, -0.2) is 15.0 Å². The topological polar surface area (TPSA) is 77.2 Å². The van der Waals surface area contributed by atoms with Gasteiger partial charge in [-0.25, -0.2) is 9.97 Å². The molecule has 6 heteroatoms. The molecule has 4 rings (SSSR count). The zero-order chi connectivity index (χ0) is 16.4. The first-order valence-electron chi connectivity index (χ1n) is 7.51. The number of hydrogen-bond acceptors (Lipinski definition) is 6. The maximum Gasteiger partial charge on any atom is 0.161 e. The Morgan fingerprint density at radius 3 is 2.92 bits per heavy atom. The third kappa shape index (κ3) is 2.77. The first kappa shape index (κ1) is 14.2. The average molecular weight is 317 g/mol. The van der Waals surface area contributed by atoms with Crippen molar-refractivity contribution in [2.75, 3.05) is 10.6 Å². The number of rotatable bonds is 3. The van der Waals surface area contributed by atoms with E-state index in [0.717, 1.165) is 29.1 Å². The van der Waals surface area contributed by atoms with Gasteiger partial charge in [-0.2, -0.15) is 0 Å². The largest absolute Gasteiger partial charge is 0.461 e. The van der Waals surface area contributed by atoms with Gasteiger partial charge in [0.15, 0.2) is 11.6 Å². The van der Waals surface area contributed by atoms with Crippen LogP contribution in [0, 0.1) is 0 Å². The molecule has 0 saturated heterocycles. The monoisotopic (exact) mass is 317 g/mol. The number of nitrogens with two attached hydrogens (primary N) is 1. The van der Waals surface area contributed by atoms with Gasteiger partial charge in [-0.3, -0.25) is 4.98 Å². The van der Waals surface area contributed by atoms with Crippen LogP contribution in [0.3, 0.4) is 0 Å². The molecule has 1 aliphatic rings. The summed E-state index contributed by atoms with van der Waals surface area (Å²) in [5, 5.41) is 0. The van der Waals surface area contributed by atoms with Gasteiger partial charge in [0.1, 0.15) is 12.1 Å². The average Bonchev–Trinajstić information content (AvgIpc) is 2.62. The number of hydrogen-bond donors (Lipinski definition) is 1. The fourth-order valence-electron chi connectivity index (χ4n) is 2.58. The lowest BCUT2D eigenvalue weighted by Gasteiger charge is -2.26. The third-order valence-electron chi connectivity index (χ3n) is 3.72. The van der Waals surface area contributed by atoms with Gasteiger partial charge in [-0.1, -0.05) is 6.07 Å². The van der Waals surface area contributed by atoms with E-state index in [2.05, 4.69) is 19.9 Å². The predicted molar refractivity (Wildman–Crippen MR) is 92.1 cm³/mol. The highest BCUT2D eigenvalue weighted by Gasteiger charge is 2.16. The molecular formula is C18H15N5O. The maximum absolute atomic E-state index is 5.73. The van der Waals surface area contributed by atoms with Crippen LogP contribution in [0.2, 0.25) is 0 Å². The minimum Gasteiger partial charge on any atom is -0.461 e. The fraction of sp³-hybridized carbons (Fsp3) is 0.0556. The Kier molecular flexibility index (Phi) is 3.55. The van der Waals surface area contributed by atoms with E-state index in [9.17, 15) is 0 Å². The summed E-state index contributed by atoms with van der Waals surface area (Å²) in [7, 11) is 0. The number of nitrogens with zero attached hydrogens (tertiary/aromatic N) is 4. The van der Waals surface area contributed by atoms with E-state index in [0.29, 0.717) is 11.6 Å². The van der Waals surface area contributed by atoms with Gasteiger partial charge in [-0.15, -0.1) is 0 Å². The van der Waals surface area contributed by atoms with Crippen molar-refractivity contribution >= 4 is 11.5 Å². The van der Waals surface area contributed by atoms with E-state index in [-0.39, 0.29) is 0 Å². The summed E-state index contributed by atoms with van der Waals surface area (Å²) in [6.07, 6.45) is 8.85. The van der Waals surface area contributed by atoms with Crippen LogP contribution in [0.4, 0.5) is 11.5 Å². The molecule has 0 aliphatic carbocycles. The molecule has 6 nitrogen and oxygen atoms in total. The zero-order valence-electron chi connectivity index (χ0n) is 12.8. The normalized spacial score (nSPS) is 12.6. The standard InChI is InChI=1S/C18H15N5O/c19-17-5-7-21-18(22-17)14-3-4-15-16(10-14)24-9-8-23(15)12-13-2-1-6-20-11-13/h1-11H,12H2,(H2,19,21,22). The van der Waals surface area contributed by atoms with Crippen molar-refractivity contribution in [1.29, 1.82) is 0 Å². The lowest BCUT2D eigenvalue weighted by molar-refractivity contribution is 0.469. The van der Waals surface area contributed by atoms with Gasteiger partial charge < -0.3 is 15.4 Å². The molecule has 0 fully saturated rings. The Bertz CT molecular complexity index is 895. The minimum absolute atomic E-state index is 0.441. The lowest BCUT2D eigenvalue weighted by Crippen LogP contribution is -2.19. The van der Waals surface area contributed by atoms with Gasteiger partial charge in [-0.05, 0) is 35.9 Å². The molecule has 2 aromatic heterocycles. The number of fused-ring (bicyclic) bond motifs is 1. The second-order valence-electron chi connectivity index (χ2n) is 5.38. The second kappa shape index (κ2) is 6.00. The highest BCUT2D eigenvalue weighted by atomic mass is 16.5. The van der Waals surface area contributed by atoms with Crippen LogP contribution < -0.4 is 15.4 Å². The first-order chi connectivity index (χ1) is 11.8. The van der Waals surface area contributed by atoms with Gasteiger partial charge in [0.05, 0.1) is 5.69 Å². The summed E-state index contributed by atoms with van der Waals surface area (Å²) < 4.78 is 5.66. The Morgan fingerprint density at radius 2 is 2.08 bits per heavy atom. The van der Waals surface area contributed by atoms with Gasteiger partial charge in [0.2, 0.25) is 0 Å². The molecule has 3 aromatic rings. The Balaban J connectivity index is 1.66. The Labute approximate surface area is 139 Å². The first-order valence-corrected chi connectivity index (χ1v) is 7.51. The summed E-state index contributed by atoms with van der Waals surface area (Å²) in [6.45, 7) is 0.717. The molecule has 0 unspecified atom stereocenters. The smallest absolute Gasteiger partial charge is 0.161 e. The van der Waals surface area contributed by atoms with E-state index < -0.39 is 0 Å². The van der Waals surface area contributed by atoms with E-state index in [4.69, 9.17) is 10.5 Å². The van der Waals surface area contributed by atoms with Crippen molar-refractivity contribution in [3.05, 3.63) is 73.0 Å². The summed E-state index contributed by atoms with van der Waals surface area (Å²) in [6, 6.07) is 11.5. The van der Waals surface area contributed by atoms with Crippen LogP contribution in [0.1, 0.15) is 5.56 Å². The van der Waals surface area contributed by atoms with Gasteiger partial charge >= 0.3 is 0 Å². The van der Waals surface area contributed by atoms with Crippen LogP contribution >= 0.6 is 0 Å². The Hall–Kier alpha value is -3.41. The summed E-state index contributed by atoms with van der Waals surface area (Å²) in [5.74, 6) is 1.77. The molecule has 1 aromatic carbocycles. The van der Waals surface area contributed by atoms with E-state index >= 15 is 0 Å². The number of ether oxygens (including phenoxy) is 1. The summed E-state index contributed by atoms with van der Waals surface area (Å²) in [5.41, 5.74) is 8.70. The van der Waals surface area contributed by atoms with Crippen molar-refractivity contribution < 1.29 is 4.74 Å². The molecule has 0 bridgehead atoms. The van der Waals surface area contributed by atoms with E-state index in [1.54, 1.807) is 24.7 Å². The molecule has 24 heavy (non-hydrogen) atoms. The summed E-state index contributed by atoms with van der Waals surface area (Å²) in [4.78, 5) is 14.8. The van der Waals surface area contributed by atoms with E-state index in [1.165, 1.54) is 0 Å². The summed E-state index contributed by atoms with van der Waals surface area (Å²) >= 11 is 0. The number of aromatic nitrogens is 3. The molecule has 2 N–H and O–H groups in total. The molecule has 0 atom stereocenters. The number of benzene rings is 1. The molecule has 0 amide bonds. The zero-order valence-corrected chi connectivity index (χ0v) is 12.8. The van der Waals surface area contributed by atoms with Crippen molar-refractivity contribution in [3.8, 4) is 17.1 Å². The van der Waals surface area contributed by atoms with Gasteiger partial charge in [0.25, 0.3) is 0 Å². The third-order valence-corrected chi connectivity index (χ3v) is 3.72. The SMILES string of the molecule is Nc1ccnc(-c2ccc3c(c2)OC=CN3Cc2cccnc2)n1. The van der Waals surface area contributed by atoms with Crippen molar-refractivity contribution in [3.63, 3.8) is 0 Å². The predicted octanol–water partition coefficient (Wildman–Crippen LogP) is 2.99. The second-order valence-corrected chi connectivity index (χ2v) is 5.38. The van der Waals surface area contributed by atoms with Crippen LogP contribution in [0.15, 0.2) is 67.5 Å². The fourth-order valence-corrected chi connectivity index (χ4v) is 2.58. The molecule has 1 aliphatic heterocycles. The van der Waals surface area contributed by atoms with E-state index in [1.807, 2.05) is 42.7 Å². The van der Waals surface area contributed by atoms with Crippen molar-refractivity contribution in [2.45, 2.75) is 6.54 Å². The number of pyridine rings is 1. The molecule has 118 valence electrons. The number of nitrogen functional groups attached to an aromatic ring is 1. The van der Waals surface area contributed by atoms with Crippen LogP contribution in [0.5, 0.6) is 5.75 Å². The molecule has 3 heterocycles. The van der Waals surface area contributed by atoms with Crippen molar-refractivity contribution in [1.82, 2.24) is 15.0 Å². The molecular weight excluding hydrogens is 302 g/mol. The van der Waals surface area contributed by atoms with Crippen LogP contribution in [0.25, 0.3) is 11.4 Å². The van der Waals surface area contributed by atoms with Crippen molar-refractivity contribution in [2.24, 2.45) is 0 Å². The lowest BCUT2D eigenvalue weighted by atomic mass is 10.1. The Morgan fingerprint density at radius 1 is 1.12 bits per heavy atom.